The molecule has 0 aliphatic carbocycles. The molecule has 1 aromatic carbocycles. The van der Waals surface area contributed by atoms with Gasteiger partial charge in [-0.05, 0) is 29.9 Å². The normalized spacial score (nSPS) is 11.5. The third-order valence-electron chi connectivity index (χ3n) is 5.16. The lowest BCUT2D eigenvalue weighted by Crippen LogP contribution is -2.43. The summed E-state index contributed by atoms with van der Waals surface area (Å²) in [5.74, 6) is 0.0886. The molecule has 0 aliphatic heterocycles. The third-order valence-corrected chi connectivity index (χ3v) is 5.16. The van der Waals surface area contributed by atoms with Gasteiger partial charge in [-0.3, -0.25) is 19.1 Å². The number of amides is 1. The largest absolute Gasteiger partial charge is 0.383 e. The Hall–Kier alpha value is -3.29. The first-order valence-electron chi connectivity index (χ1n) is 10.7. The van der Waals surface area contributed by atoms with Crippen LogP contribution in [0.25, 0.3) is 10.9 Å². The Bertz CT molecular complexity index is 1190. The Balaban J connectivity index is 1.93. The molecule has 0 bridgehead atoms. The Labute approximate surface area is 181 Å². The monoisotopic (exact) mass is 425 g/mol. The van der Waals surface area contributed by atoms with E-state index in [1.165, 1.54) is 9.47 Å². The van der Waals surface area contributed by atoms with Crippen molar-refractivity contribution >= 4 is 28.3 Å². The second kappa shape index (κ2) is 9.24. The van der Waals surface area contributed by atoms with Crippen LogP contribution in [0.4, 0.5) is 11.5 Å². The van der Waals surface area contributed by atoms with Crippen LogP contribution < -0.4 is 21.9 Å². The van der Waals surface area contributed by atoms with Crippen LogP contribution in [-0.2, 0) is 17.8 Å². The maximum Gasteiger partial charge on any atom is 0.330 e. The van der Waals surface area contributed by atoms with E-state index in [1.807, 2.05) is 58.2 Å². The molecular formula is C23H31N5O3. The number of hydrogen-bond acceptors (Lipinski definition) is 4. The molecule has 8 heteroatoms. The average molecular weight is 426 g/mol. The van der Waals surface area contributed by atoms with Gasteiger partial charge in [0.05, 0.1) is 0 Å². The van der Waals surface area contributed by atoms with Crippen molar-refractivity contribution in [3.8, 4) is 0 Å². The van der Waals surface area contributed by atoms with Gasteiger partial charge in [0.15, 0.2) is 5.69 Å². The Kier molecular flexibility index (Phi) is 6.68. The number of aromatic amines is 2. The second-order valence-corrected chi connectivity index (χ2v) is 8.76. The Morgan fingerprint density at radius 2 is 1.84 bits per heavy atom. The number of anilines is 2. The summed E-state index contributed by atoms with van der Waals surface area (Å²) in [5, 5.41) is 1.08. The summed E-state index contributed by atoms with van der Waals surface area (Å²) in [4.78, 5) is 45.2. The van der Waals surface area contributed by atoms with Crippen molar-refractivity contribution < 1.29 is 4.79 Å². The summed E-state index contributed by atoms with van der Waals surface area (Å²) < 4.78 is 1.33. The molecule has 166 valence electrons. The fraction of sp³-hybridized carbons (Fsp3) is 0.435. The minimum absolute atomic E-state index is 0.0311. The predicted octanol–water partition coefficient (Wildman–Crippen LogP) is 2.88. The van der Waals surface area contributed by atoms with Crippen molar-refractivity contribution in [3.63, 3.8) is 0 Å². The van der Waals surface area contributed by atoms with Gasteiger partial charge < -0.3 is 15.6 Å². The number of carbonyl (C=O) groups excluding carboxylic acids is 1. The molecule has 0 unspecified atom stereocenters. The molecule has 0 atom stereocenters. The molecule has 1 amide bonds. The van der Waals surface area contributed by atoms with E-state index in [9.17, 15) is 14.4 Å². The first-order chi connectivity index (χ1) is 14.7. The highest BCUT2D eigenvalue weighted by Gasteiger charge is 2.25. The number of nitrogens with two attached hydrogens (primary N) is 1. The lowest BCUT2D eigenvalue weighted by Gasteiger charge is -2.26. The second-order valence-electron chi connectivity index (χ2n) is 8.76. The van der Waals surface area contributed by atoms with Crippen LogP contribution in [0.1, 0.15) is 39.7 Å². The van der Waals surface area contributed by atoms with Gasteiger partial charge in [0, 0.05) is 36.6 Å². The molecule has 0 saturated carbocycles. The smallest absolute Gasteiger partial charge is 0.330 e. The number of aryl methyl sites for hydroxylation is 1. The van der Waals surface area contributed by atoms with Crippen LogP contribution in [0.2, 0.25) is 0 Å². The summed E-state index contributed by atoms with van der Waals surface area (Å²) >= 11 is 0. The molecule has 0 saturated heterocycles. The summed E-state index contributed by atoms with van der Waals surface area (Å²) in [6, 6.07) is 7.93. The zero-order chi connectivity index (χ0) is 22.7. The SMILES string of the molecule is CC(C)CN(C(=O)CCc1c[nH]c2ccccc12)c1c(N)n(CC(C)C)c(=O)[nH]c1=O. The van der Waals surface area contributed by atoms with Crippen molar-refractivity contribution in [1.29, 1.82) is 0 Å². The van der Waals surface area contributed by atoms with Crippen LogP contribution in [0.5, 0.6) is 0 Å². The average Bonchev–Trinajstić information content (AvgIpc) is 3.11. The lowest BCUT2D eigenvalue weighted by molar-refractivity contribution is -0.118. The minimum atomic E-state index is -0.636. The van der Waals surface area contributed by atoms with Crippen molar-refractivity contribution in [3.05, 3.63) is 56.9 Å². The maximum absolute atomic E-state index is 13.3. The highest BCUT2D eigenvalue weighted by molar-refractivity contribution is 5.96. The van der Waals surface area contributed by atoms with Gasteiger partial charge in [-0.2, -0.15) is 0 Å². The van der Waals surface area contributed by atoms with Gasteiger partial charge >= 0.3 is 5.69 Å². The molecule has 3 aromatic rings. The van der Waals surface area contributed by atoms with Crippen molar-refractivity contribution in [2.45, 2.75) is 47.1 Å². The van der Waals surface area contributed by atoms with Gasteiger partial charge in [0.25, 0.3) is 5.56 Å². The molecule has 8 nitrogen and oxygen atoms in total. The van der Waals surface area contributed by atoms with Crippen LogP contribution in [0.3, 0.4) is 0 Å². The van der Waals surface area contributed by atoms with Crippen molar-refractivity contribution in [1.82, 2.24) is 14.5 Å². The van der Waals surface area contributed by atoms with Gasteiger partial charge in [-0.1, -0.05) is 45.9 Å². The van der Waals surface area contributed by atoms with Crippen LogP contribution in [0.15, 0.2) is 40.1 Å². The molecule has 3 rings (SSSR count). The van der Waals surface area contributed by atoms with Crippen molar-refractivity contribution in [2.24, 2.45) is 11.8 Å². The number of nitrogens with zero attached hydrogens (tertiary/aromatic N) is 2. The zero-order valence-corrected chi connectivity index (χ0v) is 18.6. The molecule has 0 fully saturated rings. The molecule has 0 radical (unpaired) electrons. The fourth-order valence-electron chi connectivity index (χ4n) is 3.78. The Morgan fingerprint density at radius 1 is 1.13 bits per heavy atom. The van der Waals surface area contributed by atoms with Crippen molar-refractivity contribution in [2.75, 3.05) is 17.2 Å². The van der Waals surface area contributed by atoms with Crippen LogP contribution >= 0.6 is 0 Å². The summed E-state index contributed by atoms with van der Waals surface area (Å²) in [6.07, 6.45) is 2.66. The van der Waals surface area contributed by atoms with Gasteiger partial charge in [-0.15, -0.1) is 0 Å². The van der Waals surface area contributed by atoms with E-state index < -0.39 is 11.2 Å². The van der Waals surface area contributed by atoms with Crippen LogP contribution in [0, 0.1) is 11.8 Å². The number of benzene rings is 1. The quantitative estimate of drug-likeness (QED) is 0.514. The van der Waals surface area contributed by atoms with E-state index in [0.29, 0.717) is 19.5 Å². The van der Waals surface area contributed by atoms with Gasteiger partial charge in [-0.25, -0.2) is 4.79 Å². The van der Waals surface area contributed by atoms with E-state index >= 15 is 0 Å². The number of fused-ring (bicyclic) bond motifs is 1. The number of carbonyl (C=O) groups is 1. The van der Waals surface area contributed by atoms with Gasteiger partial charge in [0.2, 0.25) is 5.91 Å². The number of aromatic nitrogens is 3. The Morgan fingerprint density at radius 3 is 2.52 bits per heavy atom. The van der Waals surface area contributed by atoms with Crippen LogP contribution in [-0.4, -0.2) is 27.0 Å². The van der Waals surface area contributed by atoms with E-state index in [0.717, 1.165) is 16.5 Å². The lowest BCUT2D eigenvalue weighted by atomic mass is 10.1. The third kappa shape index (κ3) is 4.90. The van der Waals surface area contributed by atoms with Gasteiger partial charge in [0.1, 0.15) is 5.82 Å². The standard InChI is InChI=1S/C23H31N5O3/c1-14(2)12-27(20-21(24)28(13-15(3)4)23(31)26-22(20)30)19(29)10-9-16-11-25-18-8-6-5-7-17(16)18/h5-8,11,14-15,25H,9-10,12-13,24H2,1-4H3,(H,26,30,31). The summed E-state index contributed by atoms with van der Waals surface area (Å²) in [5.41, 5.74) is 7.18. The number of nitrogen functional groups attached to an aromatic ring is 1. The minimum Gasteiger partial charge on any atom is -0.383 e. The molecule has 2 aromatic heterocycles. The first-order valence-corrected chi connectivity index (χ1v) is 10.7. The summed E-state index contributed by atoms with van der Waals surface area (Å²) in [6.45, 7) is 8.53. The first kappa shape index (κ1) is 22.4. The van der Waals surface area contributed by atoms with E-state index in [-0.39, 0.29) is 35.7 Å². The molecule has 0 aliphatic rings. The van der Waals surface area contributed by atoms with E-state index in [4.69, 9.17) is 5.73 Å². The molecule has 2 heterocycles. The molecule has 31 heavy (non-hydrogen) atoms. The molecule has 0 spiro atoms. The number of nitrogens with one attached hydrogen (secondary N) is 2. The predicted molar refractivity (Wildman–Crippen MR) is 124 cm³/mol. The maximum atomic E-state index is 13.3. The molecule has 4 N–H and O–H groups in total. The highest BCUT2D eigenvalue weighted by atomic mass is 16.2. The zero-order valence-electron chi connectivity index (χ0n) is 18.6. The fourth-order valence-corrected chi connectivity index (χ4v) is 3.78. The molecular weight excluding hydrogens is 394 g/mol. The topological polar surface area (TPSA) is 117 Å². The number of rotatable bonds is 8. The van der Waals surface area contributed by atoms with E-state index in [1.54, 1.807) is 0 Å². The highest BCUT2D eigenvalue weighted by Crippen LogP contribution is 2.23. The number of H-pyrrole nitrogens is 2. The van der Waals surface area contributed by atoms with E-state index in [2.05, 4.69) is 9.97 Å². The number of hydrogen-bond donors (Lipinski definition) is 3. The summed E-state index contributed by atoms with van der Waals surface area (Å²) in [7, 11) is 0. The number of para-hydroxylation sites is 1.